The van der Waals surface area contributed by atoms with E-state index in [4.69, 9.17) is 9.84 Å². The van der Waals surface area contributed by atoms with Crippen LogP contribution >= 0.6 is 0 Å². The number of imide groups is 2. The van der Waals surface area contributed by atoms with Crippen molar-refractivity contribution in [3.63, 3.8) is 0 Å². The lowest BCUT2D eigenvalue weighted by Crippen LogP contribution is -2.54. The zero-order valence-corrected chi connectivity index (χ0v) is 32.3. The van der Waals surface area contributed by atoms with Crippen LogP contribution in [-0.4, -0.2) is 115 Å². The first-order valence-electron chi connectivity index (χ1n) is 20.4. The molecule has 1 saturated carbocycles. The maximum Gasteiger partial charge on any atom is 0.262 e. The fourth-order valence-electron chi connectivity index (χ4n) is 8.87. The lowest BCUT2D eigenvalue weighted by molar-refractivity contribution is -0.136. The number of nitrogens with zero attached hydrogens (tertiary/aromatic N) is 8. The van der Waals surface area contributed by atoms with Crippen LogP contribution in [0.15, 0.2) is 61.2 Å². The molecule has 4 fully saturated rings. The molecule has 7 heterocycles. The summed E-state index contributed by atoms with van der Waals surface area (Å²) in [6.07, 6.45) is 11.6. The lowest BCUT2D eigenvalue weighted by atomic mass is 9.91. The van der Waals surface area contributed by atoms with Gasteiger partial charge in [-0.05, 0) is 68.4 Å². The summed E-state index contributed by atoms with van der Waals surface area (Å²) in [5.74, 6) is -1.42. The number of rotatable bonds is 10. The number of carbonyl (C=O) groups excluding carboxylic acids is 5. The molecule has 59 heavy (non-hydrogen) atoms. The van der Waals surface area contributed by atoms with Crippen molar-refractivity contribution < 1.29 is 33.1 Å². The molecule has 0 spiro atoms. The lowest BCUT2D eigenvalue weighted by Gasteiger charge is -2.42. The fourth-order valence-corrected chi connectivity index (χ4v) is 8.87. The van der Waals surface area contributed by atoms with E-state index in [1.165, 1.54) is 6.20 Å². The Labute approximate surface area is 337 Å². The van der Waals surface area contributed by atoms with Crippen LogP contribution in [0.2, 0.25) is 0 Å². The van der Waals surface area contributed by atoms with Gasteiger partial charge in [0.2, 0.25) is 11.8 Å². The highest BCUT2D eigenvalue weighted by atomic mass is 19.1. The Bertz CT molecular complexity index is 2530. The third-order valence-electron chi connectivity index (χ3n) is 12.5. The van der Waals surface area contributed by atoms with Crippen molar-refractivity contribution in [3.05, 3.63) is 77.9 Å². The number of carbonyl (C=O) groups is 5. The predicted molar refractivity (Wildman–Crippen MR) is 212 cm³/mol. The number of aromatic nitrogens is 5. The van der Waals surface area contributed by atoms with Crippen molar-refractivity contribution in [3.8, 4) is 5.75 Å². The van der Waals surface area contributed by atoms with Gasteiger partial charge in [-0.2, -0.15) is 10.2 Å². The number of likely N-dealkylation sites (tertiary alicyclic amines) is 1. The number of fused-ring (bicyclic) bond motifs is 3. The Balaban J connectivity index is 0.761. The number of piperidine rings is 3. The van der Waals surface area contributed by atoms with Crippen molar-refractivity contribution in [1.82, 2.24) is 39.5 Å². The Morgan fingerprint density at radius 1 is 0.966 bits per heavy atom. The number of nitrogens with one attached hydrogen (secondary N) is 2. The average Bonchev–Trinajstić information content (AvgIpc) is 3.72. The molecule has 4 aliphatic heterocycles. The number of hydrogen-bond donors (Lipinski definition) is 2. The molecule has 1 aliphatic carbocycles. The van der Waals surface area contributed by atoms with E-state index in [-0.39, 0.29) is 35.9 Å². The molecule has 1 unspecified atom stereocenters. The van der Waals surface area contributed by atoms with E-state index >= 15 is 4.39 Å². The zero-order valence-electron chi connectivity index (χ0n) is 32.3. The van der Waals surface area contributed by atoms with Gasteiger partial charge in [0.15, 0.2) is 5.65 Å². The fraction of sp³-hybridized carbons (Fsp3) is 0.429. The highest BCUT2D eigenvalue weighted by molar-refractivity contribution is 6.23. The summed E-state index contributed by atoms with van der Waals surface area (Å²) >= 11 is 0. The second-order valence-corrected chi connectivity index (χ2v) is 16.5. The molecule has 2 aromatic carbocycles. The molecule has 0 bridgehead atoms. The number of halogens is 1. The van der Waals surface area contributed by atoms with E-state index in [0.29, 0.717) is 67.6 Å². The van der Waals surface area contributed by atoms with E-state index in [1.807, 2.05) is 27.9 Å². The first kappa shape index (κ1) is 37.1. The molecule has 10 rings (SSSR count). The van der Waals surface area contributed by atoms with Crippen molar-refractivity contribution >= 4 is 57.5 Å². The third kappa shape index (κ3) is 7.06. The van der Waals surface area contributed by atoms with Gasteiger partial charge in [0.05, 0.1) is 41.2 Å². The maximum absolute atomic E-state index is 16.4. The molecule has 5 aromatic rings. The minimum atomic E-state index is -1.37. The van der Waals surface area contributed by atoms with Crippen LogP contribution in [0.4, 0.5) is 15.8 Å². The number of alkyl halides is 1. The topological polar surface area (TPSA) is 176 Å². The van der Waals surface area contributed by atoms with Gasteiger partial charge in [-0.25, -0.2) is 13.9 Å². The highest BCUT2D eigenvalue weighted by Crippen LogP contribution is 2.38. The second-order valence-electron chi connectivity index (χ2n) is 16.5. The molecular formula is C42H43FN10O6. The van der Waals surface area contributed by atoms with Crippen LogP contribution < -0.4 is 20.3 Å². The summed E-state index contributed by atoms with van der Waals surface area (Å²) in [4.78, 5) is 73.5. The zero-order chi connectivity index (χ0) is 40.4. The van der Waals surface area contributed by atoms with Gasteiger partial charge in [0.25, 0.3) is 17.7 Å². The van der Waals surface area contributed by atoms with Crippen LogP contribution in [-0.2, 0) is 9.59 Å². The Kier molecular flexibility index (Phi) is 9.14. The molecule has 5 aliphatic rings. The van der Waals surface area contributed by atoms with Gasteiger partial charge >= 0.3 is 0 Å². The smallest absolute Gasteiger partial charge is 0.262 e. The minimum Gasteiger partial charge on any atom is -0.491 e. The number of benzene rings is 2. The van der Waals surface area contributed by atoms with Gasteiger partial charge in [-0.3, -0.25) is 38.9 Å². The van der Waals surface area contributed by atoms with Gasteiger partial charge in [-0.15, -0.1) is 0 Å². The standard InChI is InChI=1S/C42H43FN10O6/c43-42(10-16-50(17-11-42)28-4-5-29-30(19-28)41(58)53(40(29)57)34-6-7-36(54)47-39(34)56)24-49-14-8-27(9-15-49)52-22-26-18-33(35(20-32(26)48-52)59-23-25-2-3-25)46-38(55)31-21-45-51-13-1-12-44-37(31)51/h1,4-5,12-13,18-22,25,27,34H,2-3,6-11,14-17,23-24H2,(H,46,55)(H,47,54,56). The van der Waals surface area contributed by atoms with Gasteiger partial charge < -0.3 is 19.9 Å². The maximum atomic E-state index is 16.4. The Morgan fingerprint density at radius 2 is 1.76 bits per heavy atom. The molecule has 3 saturated heterocycles. The quantitative estimate of drug-likeness (QED) is 0.194. The van der Waals surface area contributed by atoms with E-state index in [9.17, 15) is 24.0 Å². The SMILES string of the molecule is O=C1CCC(N2C(=O)c3ccc(N4CCC(F)(CN5CCC(n6cc7cc(NC(=O)c8cnn9cccnc89)c(OCC8CC8)cc7n6)CC5)CC4)cc3C2=O)C(=O)N1. The molecule has 5 amide bonds. The summed E-state index contributed by atoms with van der Waals surface area (Å²) in [7, 11) is 0. The predicted octanol–water partition coefficient (Wildman–Crippen LogP) is 4.17. The van der Waals surface area contributed by atoms with Crippen LogP contribution in [0.25, 0.3) is 16.6 Å². The summed E-state index contributed by atoms with van der Waals surface area (Å²) < 4.78 is 26.2. The second kappa shape index (κ2) is 14.5. The summed E-state index contributed by atoms with van der Waals surface area (Å²) in [5, 5.41) is 15.3. The van der Waals surface area contributed by atoms with E-state index in [2.05, 4.69) is 25.6 Å². The van der Waals surface area contributed by atoms with E-state index < -0.39 is 35.3 Å². The molecular weight excluding hydrogens is 760 g/mol. The van der Waals surface area contributed by atoms with Crippen LogP contribution in [0.1, 0.15) is 88.5 Å². The van der Waals surface area contributed by atoms with Crippen LogP contribution in [0.5, 0.6) is 5.75 Å². The van der Waals surface area contributed by atoms with E-state index in [0.717, 1.165) is 60.3 Å². The van der Waals surface area contributed by atoms with Crippen LogP contribution in [0.3, 0.4) is 0 Å². The van der Waals surface area contributed by atoms with Crippen molar-refractivity contribution in [2.24, 2.45) is 5.92 Å². The molecule has 3 aromatic heterocycles. The van der Waals surface area contributed by atoms with Gasteiger partial charge in [0.1, 0.15) is 23.0 Å². The summed E-state index contributed by atoms with van der Waals surface area (Å²) in [6, 6.07) is 9.69. The first-order chi connectivity index (χ1) is 28.6. The van der Waals surface area contributed by atoms with Crippen molar-refractivity contribution in [2.75, 3.05) is 49.5 Å². The number of hydrogen-bond acceptors (Lipinski definition) is 11. The van der Waals surface area contributed by atoms with E-state index in [1.54, 1.807) is 41.2 Å². The largest absolute Gasteiger partial charge is 0.491 e. The first-order valence-corrected chi connectivity index (χ1v) is 20.4. The monoisotopic (exact) mass is 802 g/mol. The molecule has 304 valence electrons. The average molecular weight is 803 g/mol. The summed E-state index contributed by atoms with van der Waals surface area (Å²) in [6.45, 7) is 3.27. The molecule has 17 heteroatoms. The molecule has 2 N–H and O–H groups in total. The highest BCUT2D eigenvalue weighted by Gasteiger charge is 2.45. The van der Waals surface area contributed by atoms with Crippen molar-refractivity contribution in [2.45, 2.75) is 69.1 Å². The van der Waals surface area contributed by atoms with Gasteiger partial charge in [0, 0.05) is 87.7 Å². The normalized spacial score (nSPS) is 21.3. The number of amides is 5. The third-order valence-corrected chi connectivity index (χ3v) is 12.5. The molecule has 1 atom stereocenters. The molecule has 16 nitrogen and oxygen atoms in total. The molecule has 0 radical (unpaired) electrons. The Hall–Kier alpha value is -6.23. The Morgan fingerprint density at radius 3 is 2.54 bits per heavy atom. The number of ether oxygens (including phenoxy) is 1. The minimum absolute atomic E-state index is 0.0558. The van der Waals surface area contributed by atoms with Crippen LogP contribution in [0, 0.1) is 5.92 Å². The van der Waals surface area contributed by atoms with Gasteiger partial charge in [-0.1, -0.05) is 0 Å². The number of anilines is 2. The van der Waals surface area contributed by atoms with Crippen molar-refractivity contribution in [1.29, 1.82) is 0 Å². The summed E-state index contributed by atoms with van der Waals surface area (Å²) in [5.41, 5.74) is 1.95.